The molecule has 1 aliphatic carbocycles. The summed E-state index contributed by atoms with van der Waals surface area (Å²) in [6.07, 6.45) is 0.282. The highest BCUT2D eigenvalue weighted by Crippen LogP contribution is 2.38. The average molecular weight is 566 g/mol. The Bertz CT molecular complexity index is 1420. The van der Waals surface area contributed by atoms with Crippen LogP contribution in [0.25, 0.3) is 0 Å². The number of amidine groups is 1. The minimum atomic E-state index is -4.19. The van der Waals surface area contributed by atoms with E-state index in [0.717, 1.165) is 6.21 Å². The monoisotopic (exact) mass is 565 g/mol. The molecule has 2 aliphatic rings. The van der Waals surface area contributed by atoms with Crippen molar-refractivity contribution in [3.8, 4) is 6.07 Å². The Balaban J connectivity index is 1.72. The van der Waals surface area contributed by atoms with Gasteiger partial charge in [0.25, 0.3) is 6.43 Å². The van der Waals surface area contributed by atoms with Crippen LogP contribution < -0.4 is 20.3 Å². The van der Waals surface area contributed by atoms with E-state index in [2.05, 4.69) is 19.9 Å². The molecular formula is C21H25F2N11O2S2. The predicted molar refractivity (Wildman–Crippen MR) is 140 cm³/mol. The Morgan fingerprint density at radius 1 is 1.32 bits per heavy atom. The summed E-state index contributed by atoms with van der Waals surface area (Å²) < 4.78 is 56.4. The fraction of sp³-hybridized carbons (Fsp3) is 0.429. The van der Waals surface area contributed by atoms with Gasteiger partial charge in [-0.15, -0.1) is 10.2 Å². The van der Waals surface area contributed by atoms with Crippen LogP contribution in [0.15, 0.2) is 28.3 Å². The van der Waals surface area contributed by atoms with Crippen LogP contribution in [0.1, 0.15) is 18.4 Å². The second-order valence-electron chi connectivity index (χ2n) is 8.75. The van der Waals surface area contributed by atoms with Gasteiger partial charge in [-0.25, -0.2) is 22.2 Å². The largest absolute Gasteiger partial charge is 0.378 e. The average Bonchev–Trinajstić information content (AvgIpc) is 3.51. The summed E-state index contributed by atoms with van der Waals surface area (Å²) in [6.45, 7) is 1.93. The van der Waals surface area contributed by atoms with E-state index in [9.17, 15) is 22.5 Å². The molecule has 1 saturated carbocycles. The van der Waals surface area contributed by atoms with Crippen LogP contribution in [0.3, 0.4) is 0 Å². The molecule has 38 heavy (non-hydrogen) atoms. The van der Waals surface area contributed by atoms with Crippen LogP contribution in [0.5, 0.6) is 0 Å². The molecule has 5 N–H and O–H groups in total. The van der Waals surface area contributed by atoms with Crippen LogP contribution in [-0.4, -0.2) is 77.8 Å². The standard InChI is InChI=1S/C21H25F2N11O2S2/c1-32-12-28-30-20(32)34-6-4-33(5-7-34)16-9-13(38(35,36)31-21(11-25)2-3-21)8-15(14(16)10-24)29-19(27)37-18(26)17(22)23/h8-10,12,17,24,26,31H,2-7H2,1H3,(H2,27,29). The van der Waals surface area contributed by atoms with Crippen molar-refractivity contribution in [2.24, 2.45) is 17.8 Å². The highest BCUT2D eigenvalue weighted by atomic mass is 32.2. The first-order valence-electron chi connectivity index (χ1n) is 11.3. The number of aryl methyl sites for hydroxylation is 1. The summed E-state index contributed by atoms with van der Waals surface area (Å²) in [6, 6.07) is 4.56. The van der Waals surface area contributed by atoms with Crippen molar-refractivity contribution in [3.05, 3.63) is 24.0 Å². The zero-order valence-corrected chi connectivity index (χ0v) is 21.9. The molecular weight excluding hydrogens is 540 g/mol. The number of anilines is 2. The lowest BCUT2D eigenvalue weighted by Crippen LogP contribution is -2.47. The molecule has 0 spiro atoms. The summed E-state index contributed by atoms with van der Waals surface area (Å²) in [4.78, 5) is 7.78. The van der Waals surface area contributed by atoms with Gasteiger partial charge in [0.2, 0.25) is 16.0 Å². The summed E-state index contributed by atoms with van der Waals surface area (Å²) >= 11 is 0.243. The predicted octanol–water partition coefficient (Wildman–Crippen LogP) is 1.40. The molecule has 0 unspecified atom stereocenters. The van der Waals surface area contributed by atoms with Crippen LogP contribution in [-0.2, 0) is 17.1 Å². The van der Waals surface area contributed by atoms with Crippen molar-refractivity contribution in [1.82, 2.24) is 19.5 Å². The van der Waals surface area contributed by atoms with Gasteiger partial charge in [-0.05, 0) is 36.7 Å². The van der Waals surface area contributed by atoms with Gasteiger partial charge in [0.15, 0.2) is 5.17 Å². The Kier molecular flexibility index (Phi) is 7.67. The number of nitrogens with one attached hydrogen (secondary N) is 3. The quantitative estimate of drug-likeness (QED) is 0.270. The van der Waals surface area contributed by atoms with Crippen molar-refractivity contribution in [3.63, 3.8) is 0 Å². The van der Waals surface area contributed by atoms with Crippen LogP contribution in [0.2, 0.25) is 0 Å². The van der Waals surface area contributed by atoms with Gasteiger partial charge in [0, 0.05) is 50.7 Å². The maximum atomic E-state index is 13.2. The van der Waals surface area contributed by atoms with E-state index >= 15 is 0 Å². The first-order valence-corrected chi connectivity index (χ1v) is 13.6. The summed E-state index contributed by atoms with van der Waals surface area (Å²) in [5, 5.41) is 31.3. The van der Waals surface area contributed by atoms with Crippen molar-refractivity contribution in [1.29, 1.82) is 16.1 Å². The number of rotatable bonds is 8. The van der Waals surface area contributed by atoms with Crippen molar-refractivity contribution < 1.29 is 17.2 Å². The normalized spacial score (nSPS) is 17.4. The number of halogens is 2. The molecule has 17 heteroatoms. The van der Waals surface area contributed by atoms with Crippen LogP contribution >= 0.6 is 11.8 Å². The third kappa shape index (κ3) is 5.76. The van der Waals surface area contributed by atoms with Crippen molar-refractivity contribution in [2.45, 2.75) is 29.7 Å². The molecule has 1 aromatic heterocycles. The van der Waals surface area contributed by atoms with Crippen molar-refractivity contribution in [2.75, 3.05) is 36.0 Å². The highest BCUT2D eigenvalue weighted by molar-refractivity contribution is 8.26. The number of nitrogens with two attached hydrogens (primary N) is 1. The molecule has 13 nitrogen and oxygen atoms in total. The van der Waals surface area contributed by atoms with Crippen LogP contribution in [0.4, 0.5) is 26.1 Å². The van der Waals surface area contributed by atoms with Gasteiger partial charge in [-0.1, -0.05) is 0 Å². The maximum Gasteiger partial charge on any atom is 0.286 e. The van der Waals surface area contributed by atoms with Gasteiger partial charge in [0.05, 0.1) is 16.7 Å². The number of thioether (sulfide) groups is 1. The molecule has 0 bridgehead atoms. The molecule has 1 saturated heterocycles. The molecule has 2 heterocycles. The highest BCUT2D eigenvalue weighted by Gasteiger charge is 2.47. The second-order valence-corrected chi connectivity index (χ2v) is 11.5. The molecule has 2 fully saturated rings. The summed E-state index contributed by atoms with van der Waals surface area (Å²) in [5.74, 6) is 0.681. The Labute approximate surface area is 221 Å². The third-order valence-corrected chi connectivity index (χ3v) is 8.31. The van der Waals surface area contributed by atoms with Crippen LogP contribution in [0, 0.1) is 22.1 Å². The Morgan fingerprint density at radius 2 is 1.97 bits per heavy atom. The van der Waals surface area contributed by atoms with Crippen molar-refractivity contribution >= 4 is 55.5 Å². The SMILES string of the molecule is Cn1cnnc1N1CCN(c2cc(S(=O)(=O)NC3(C#N)CC3)cc(N=C(N)SC(=N)C(F)F)c2C=N)CC1. The molecule has 2 aromatic rings. The van der Waals surface area contributed by atoms with Gasteiger partial charge in [-0.2, -0.15) is 9.98 Å². The van der Waals surface area contributed by atoms with E-state index in [0.29, 0.717) is 50.7 Å². The zero-order valence-electron chi connectivity index (χ0n) is 20.2. The fourth-order valence-electron chi connectivity index (χ4n) is 3.94. The van der Waals surface area contributed by atoms with E-state index in [1.807, 2.05) is 22.9 Å². The molecule has 4 rings (SSSR count). The number of nitriles is 1. The summed E-state index contributed by atoms with van der Waals surface area (Å²) in [5.41, 5.74) is 5.19. The zero-order chi connectivity index (χ0) is 27.7. The van der Waals surface area contributed by atoms with E-state index in [4.69, 9.17) is 16.6 Å². The van der Waals surface area contributed by atoms with E-state index in [-0.39, 0.29) is 27.9 Å². The first kappa shape index (κ1) is 27.4. The second kappa shape index (κ2) is 10.6. The first-order chi connectivity index (χ1) is 18.0. The Morgan fingerprint density at radius 3 is 2.50 bits per heavy atom. The van der Waals surface area contributed by atoms with Gasteiger partial charge in [0.1, 0.15) is 16.9 Å². The molecule has 0 radical (unpaired) electrons. The lowest BCUT2D eigenvalue weighted by Gasteiger charge is -2.37. The number of aromatic nitrogens is 3. The topological polar surface area (TPSA) is 193 Å². The fourth-order valence-corrected chi connectivity index (χ4v) is 5.82. The number of sulfonamides is 1. The molecule has 0 atom stereocenters. The van der Waals surface area contributed by atoms with E-state index < -0.39 is 32.2 Å². The lowest BCUT2D eigenvalue weighted by molar-refractivity contribution is 0.228. The van der Waals surface area contributed by atoms with Gasteiger partial charge < -0.3 is 25.5 Å². The van der Waals surface area contributed by atoms with E-state index in [1.165, 1.54) is 12.1 Å². The number of hydrogen-bond donors (Lipinski definition) is 4. The van der Waals surface area contributed by atoms with Gasteiger partial charge >= 0.3 is 0 Å². The minimum absolute atomic E-state index is 0.0394. The third-order valence-electron chi connectivity index (χ3n) is 6.09. The Hall–Kier alpha value is -3.62. The number of nitrogens with zero attached hydrogens (tertiary/aromatic N) is 7. The number of piperazine rings is 1. The minimum Gasteiger partial charge on any atom is -0.378 e. The smallest absolute Gasteiger partial charge is 0.286 e. The van der Waals surface area contributed by atoms with E-state index in [1.54, 1.807) is 10.9 Å². The number of aliphatic imine (C=N–C) groups is 1. The summed E-state index contributed by atoms with van der Waals surface area (Å²) in [7, 11) is -2.36. The maximum absolute atomic E-state index is 13.2. The molecule has 1 aliphatic heterocycles. The number of alkyl halides is 2. The molecule has 0 amide bonds. The number of benzene rings is 1. The lowest BCUT2D eigenvalue weighted by atomic mass is 10.1. The molecule has 202 valence electrons. The molecule has 1 aromatic carbocycles. The number of hydrogen-bond acceptors (Lipinski definition) is 11. The van der Waals surface area contributed by atoms with Gasteiger partial charge in [-0.3, -0.25) is 5.41 Å².